The van der Waals surface area contributed by atoms with Gasteiger partial charge in [0.25, 0.3) is 0 Å². The summed E-state index contributed by atoms with van der Waals surface area (Å²) in [6.07, 6.45) is 1.46. The fraction of sp³-hybridized carbons (Fsp3) is 0.458. The van der Waals surface area contributed by atoms with Crippen LogP contribution in [0.2, 0.25) is 5.02 Å². The molecule has 2 aliphatic heterocycles. The molecule has 7 heteroatoms. The molecule has 0 saturated heterocycles. The van der Waals surface area contributed by atoms with Gasteiger partial charge in [-0.1, -0.05) is 30.7 Å². The fourth-order valence-corrected chi connectivity index (χ4v) is 6.46. The molecule has 2 aromatic rings. The van der Waals surface area contributed by atoms with Crippen molar-refractivity contribution in [2.24, 2.45) is 5.92 Å². The summed E-state index contributed by atoms with van der Waals surface area (Å²) >= 11 is 6.70. The Bertz CT molecular complexity index is 1060. The van der Waals surface area contributed by atoms with E-state index in [0.29, 0.717) is 37.4 Å². The van der Waals surface area contributed by atoms with Crippen LogP contribution in [0.3, 0.4) is 0 Å². The summed E-state index contributed by atoms with van der Waals surface area (Å²) in [6, 6.07) is 10.5. The van der Waals surface area contributed by atoms with Crippen LogP contribution in [-0.2, 0) is 16.9 Å². The number of halogens is 2. The molecule has 5 rings (SSSR count). The number of anilines is 1. The van der Waals surface area contributed by atoms with Crippen molar-refractivity contribution in [1.29, 1.82) is 0 Å². The van der Waals surface area contributed by atoms with E-state index in [9.17, 15) is 19.4 Å². The predicted molar refractivity (Wildman–Crippen MR) is 117 cm³/mol. The second-order valence-electron chi connectivity index (χ2n) is 9.36. The number of aliphatic hydroxyl groups is 1. The van der Waals surface area contributed by atoms with Crippen LogP contribution in [0.1, 0.15) is 48.8 Å². The van der Waals surface area contributed by atoms with E-state index in [4.69, 9.17) is 11.6 Å². The standard InChI is InChI=1S/C24H26ClFN2O3/c1-14(13-29)11-28-12-15-9-16(26)5-6-17(15)24(28)8-7-23(22(30)31)10-18(24)21-19(25)3-2-4-20(21)27-23/h2-6,9,14,18,27,29H,7-8,10-13H2,1H3,(H,30,31)/t14-,18?,23-,24-/m1/s1. The number of hydrogen-bond donors (Lipinski definition) is 3. The van der Waals surface area contributed by atoms with Crippen molar-refractivity contribution in [2.45, 2.75) is 49.7 Å². The van der Waals surface area contributed by atoms with Crippen molar-refractivity contribution in [3.63, 3.8) is 0 Å². The number of hydrogen-bond acceptors (Lipinski definition) is 4. The van der Waals surface area contributed by atoms with E-state index in [1.807, 2.05) is 31.2 Å². The Kier molecular flexibility index (Phi) is 4.81. The van der Waals surface area contributed by atoms with Gasteiger partial charge >= 0.3 is 5.97 Å². The summed E-state index contributed by atoms with van der Waals surface area (Å²) in [5.74, 6) is -1.26. The maximum atomic E-state index is 14.1. The second kappa shape index (κ2) is 7.19. The van der Waals surface area contributed by atoms with Crippen molar-refractivity contribution >= 4 is 23.3 Å². The highest BCUT2D eigenvalue weighted by Gasteiger charge is 2.61. The molecule has 2 aromatic carbocycles. The first kappa shape index (κ1) is 20.7. The molecular weight excluding hydrogens is 419 g/mol. The minimum absolute atomic E-state index is 0.0367. The Labute approximate surface area is 185 Å². The van der Waals surface area contributed by atoms with Crippen molar-refractivity contribution in [1.82, 2.24) is 4.90 Å². The molecule has 1 saturated carbocycles. The van der Waals surface area contributed by atoms with Gasteiger partial charge in [0.15, 0.2) is 0 Å². The highest BCUT2D eigenvalue weighted by molar-refractivity contribution is 6.32. The molecule has 3 N–H and O–H groups in total. The van der Waals surface area contributed by atoms with Crippen LogP contribution in [0, 0.1) is 11.7 Å². The molecule has 1 unspecified atom stereocenters. The maximum absolute atomic E-state index is 14.1. The predicted octanol–water partition coefficient (Wildman–Crippen LogP) is 4.34. The molecule has 0 amide bonds. The van der Waals surface area contributed by atoms with Gasteiger partial charge in [0.2, 0.25) is 0 Å². The molecular formula is C24H26ClFN2O3. The fourth-order valence-electron chi connectivity index (χ4n) is 6.15. The second-order valence-corrected chi connectivity index (χ2v) is 9.77. The van der Waals surface area contributed by atoms with Gasteiger partial charge in [0.05, 0.1) is 5.54 Å². The van der Waals surface area contributed by atoms with Crippen LogP contribution in [0.4, 0.5) is 10.1 Å². The highest BCUT2D eigenvalue weighted by Crippen LogP contribution is 2.62. The summed E-state index contributed by atoms with van der Waals surface area (Å²) in [4.78, 5) is 14.7. The molecule has 5 nitrogen and oxygen atoms in total. The van der Waals surface area contributed by atoms with Crippen LogP contribution < -0.4 is 5.32 Å². The van der Waals surface area contributed by atoms with Gasteiger partial charge in [0, 0.05) is 36.3 Å². The van der Waals surface area contributed by atoms with E-state index < -0.39 is 17.0 Å². The van der Waals surface area contributed by atoms with Gasteiger partial charge in [-0.15, -0.1) is 0 Å². The first-order chi connectivity index (χ1) is 14.8. The van der Waals surface area contributed by atoms with Crippen LogP contribution in [0.25, 0.3) is 0 Å². The highest BCUT2D eigenvalue weighted by atomic mass is 35.5. The third-order valence-electron chi connectivity index (χ3n) is 7.55. The lowest BCUT2D eigenvalue weighted by molar-refractivity contribution is -0.146. The van der Waals surface area contributed by atoms with Crippen molar-refractivity contribution in [3.05, 3.63) is 63.9 Å². The van der Waals surface area contributed by atoms with E-state index >= 15 is 0 Å². The van der Waals surface area contributed by atoms with Crippen LogP contribution in [-0.4, -0.2) is 39.8 Å². The SMILES string of the molecule is C[C@@H](CO)CN1Cc2cc(F)ccc2[C@@]12CC[C@]1(C(=O)O)CC2c2c(Cl)cccc2N1. The Hall–Kier alpha value is -2.15. The van der Waals surface area contributed by atoms with Crippen LogP contribution in [0.15, 0.2) is 36.4 Å². The third-order valence-corrected chi connectivity index (χ3v) is 7.88. The molecule has 31 heavy (non-hydrogen) atoms. The van der Waals surface area contributed by atoms with Crippen molar-refractivity contribution < 1.29 is 19.4 Å². The van der Waals surface area contributed by atoms with Gasteiger partial charge in [0.1, 0.15) is 11.4 Å². The van der Waals surface area contributed by atoms with Crippen molar-refractivity contribution in [3.8, 4) is 0 Å². The van der Waals surface area contributed by atoms with E-state index in [1.54, 1.807) is 6.07 Å². The molecule has 164 valence electrons. The van der Waals surface area contributed by atoms with Crippen LogP contribution in [0.5, 0.6) is 0 Å². The quantitative estimate of drug-likeness (QED) is 0.654. The number of carbonyl (C=O) groups is 1. The Morgan fingerprint density at radius 3 is 2.90 bits per heavy atom. The number of carboxylic acid groups (broad SMARTS) is 1. The van der Waals surface area contributed by atoms with E-state index in [2.05, 4.69) is 10.2 Å². The number of fused-ring (bicyclic) bond motifs is 7. The largest absolute Gasteiger partial charge is 0.480 e. The average Bonchev–Trinajstić information content (AvgIpc) is 3.03. The lowest BCUT2D eigenvalue weighted by atomic mass is 9.58. The molecule has 3 aliphatic rings. The van der Waals surface area contributed by atoms with Gasteiger partial charge in [-0.25, -0.2) is 9.18 Å². The first-order valence-corrected chi connectivity index (χ1v) is 11.1. The molecule has 1 aliphatic carbocycles. The zero-order valence-corrected chi connectivity index (χ0v) is 18.1. The molecule has 0 aromatic heterocycles. The monoisotopic (exact) mass is 444 g/mol. The molecule has 1 fully saturated rings. The summed E-state index contributed by atoms with van der Waals surface area (Å²) in [7, 11) is 0. The average molecular weight is 445 g/mol. The number of aliphatic carboxylic acids is 1. The van der Waals surface area contributed by atoms with Gasteiger partial charge in [-0.3, -0.25) is 4.90 Å². The van der Waals surface area contributed by atoms with Crippen LogP contribution >= 0.6 is 11.6 Å². The zero-order chi connectivity index (χ0) is 22.0. The van der Waals surface area contributed by atoms with E-state index in [1.165, 1.54) is 6.07 Å². The molecule has 4 atom stereocenters. The number of nitrogens with one attached hydrogen (secondary N) is 1. The van der Waals surface area contributed by atoms with Gasteiger partial charge in [-0.2, -0.15) is 0 Å². The van der Waals surface area contributed by atoms with Crippen molar-refractivity contribution in [2.75, 3.05) is 18.5 Å². The molecule has 2 bridgehead atoms. The Morgan fingerprint density at radius 2 is 2.16 bits per heavy atom. The summed E-state index contributed by atoms with van der Waals surface area (Å²) in [5.41, 5.74) is 2.13. The summed E-state index contributed by atoms with van der Waals surface area (Å²) in [6.45, 7) is 3.25. The number of benzene rings is 2. The number of carboxylic acids is 1. The Morgan fingerprint density at radius 1 is 1.35 bits per heavy atom. The Balaban J connectivity index is 1.74. The molecule has 1 spiro atoms. The topological polar surface area (TPSA) is 72.8 Å². The zero-order valence-electron chi connectivity index (χ0n) is 17.4. The first-order valence-electron chi connectivity index (χ1n) is 10.8. The lowest BCUT2D eigenvalue weighted by Crippen LogP contribution is -2.61. The normalized spacial score (nSPS) is 29.9. The summed E-state index contributed by atoms with van der Waals surface area (Å²) in [5, 5.41) is 23.8. The molecule has 2 heterocycles. The minimum atomic E-state index is -1.05. The van der Waals surface area contributed by atoms with E-state index in [-0.39, 0.29) is 24.3 Å². The van der Waals surface area contributed by atoms with E-state index in [0.717, 1.165) is 22.4 Å². The number of rotatable bonds is 4. The van der Waals surface area contributed by atoms with Gasteiger partial charge in [-0.05, 0) is 66.1 Å². The third kappa shape index (κ3) is 2.92. The maximum Gasteiger partial charge on any atom is 0.329 e. The number of nitrogens with zero attached hydrogens (tertiary/aromatic N) is 1. The number of aliphatic hydroxyl groups excluding tert-OH is 1. The molecule has 0 radical (unpaired) electrons. The summed E-state index contributed by atoms with van der Waals surface area (Å²) < 4.78 is 14.1. The van der Waals surface area contributed by atoms with Gasteiger partial charge < -0.3 is 15.5 Å². The minimum Gasteiger partial charge on any atom is -0.480 e. The lowest BCUT2D eigenvalue weighted by Gasteiger charge is -2.56. The smallest absolute Gasteiger partial charge is 0.329 e.